The van der Waals surface area contributed by atoms with Crippen LogP contribution in [0.15, 0.2) is 44.5 Å². The van der Waals surface area contributed by atoms with Crippen molar-refractivity contribution in [2.45, 2.75) is 42.7 Å². The lowest BCUT2D eigenvalue weighted by atomic mass is 10.3. The van der Waals surface area contributed by atoms with E-state index in [2.05, 4.69) is 9.55 Å². The van der Waals surface area contributed by atoms with Crippen molar-refractivity contribution in [1.29, 1.82) is 0 Å². The molecule has 0 aliphatic heterocycles. The van der Waals surface area contributed by atoms with Crippen LogP contribution in [0.1, 0.15) is 19.7 Å². The van der Waals surface area contributed by atoms with Crippen molar-refractivity contribution in [1.82, 2.24) is 23.4 Å². The minimum atomic E-state index is -3.53. The highest BCUT2D eigenvalue weighted by Gasteiger charge is 2.20. The summed E-state index contributed by atoms with van der Waals surface area (Å²) < 4.78 is 30.6. The quantitative estimate of drug-likeness (QED) is 0.299. The third-order valence-corrected chi connectivity index (χ3v) is 8.75. The molecule has 3 heterocycles. The number of imidazole rings is 1. The summed E-state index contributed by atoms with van der Waals surface area (Å²) in [4.78, 5) is 22.3. The van der Waals surface area contributed by atoms with Crippen LogP contribution in [-0.2, 0) is 28.9 Å². The molecule has 0 fully saturated rings. The largest absolute Gasteiger partial charge is 0.328 e. The summed E-state index contributed by atoms with van der Waals surface area (Å²) in [5.74, 6) is 1.32. The molecule has 0 unspecified atom stereocenters. The lowest BCUT2D eigenvalue weighted by Crippen LogP contribution is -2.22. The summed E-state index contributed by atoms with van der Waals surface area (Å²) in [5, 5.41) is 2.53. The third-order valence-electron chi connectivity index (χ3n) is 5.07. The van der Waals surface area contributed by atoms with Crippen molar-refractivity contribution in [2.75, 3.05) is 14.1 Å². The van der Waals surface area contributed by atoms with Crippen LogP contribution in [0.5, 0.6) is 0 Å². The molecule has 0 aliphatic carbocycles. The zero-order valence-electron chi connectivity index (χ0n) is 17.7. The van der Waals surface area contributed by atoms with Gasteiger partial charge in [0, 0.05) is 27.2 Å². The molecule has 0 spiro atoms. The Morgan fingerprint density at radius 2 is 1.81 bits per heavy atom. The Morgan fingerprint density at radius 3 is 2.48 bits per heavy atom. The third kappa shape index (κ3) is 3.79. The minimum absolute atomic E-state index is 0.0208. The van der Waals surface area contributed by atoms with E-state index in [-0.39, 0.29) is 10.5 Å². The van der Waals surface area contributed by atoms with Crippen LogP contribution in [0.4, 0.5) is 0 Å². The number of hydrogen-bond acceptors (Lipinski definition) is 7. The second kappa shape index (κ2) is 8.38. The van der Waals surface area contributed by atoms with Crippen LogP contribution in [0.2, 0.25) is 0 Å². The van der Waals surface area contributed by atoms with Gasteiger partial charge in [-0.2, -0.15) is 0 Å². The van der Waals surface area contributed by atoms with E-state index in [4.69, 9.17) is 4.98 Å². The highest BCUT2D eigenvalue weighted by Crippen LogP contribution is 2.27. The summed E-state index contributed by atoms with van der Waals surface area (Å²) in [7, 11) is -0.510. The SMILES string of the molecule is CCn1c(SCc2nc3cc(S(=O)(=O)N(C)C)ccc3n2CC)nc2ccsc2c1=O. The monoisotopic (exact) mass is 477 g/mol. The fourth-order valence-corrected chi connectivity index (χ4v) is 6.15. The Morgan fingerprint density at radius 1 is 1.06 bits per heavy atom. The first-order chi connectivity index (χ1) is 14.8. The van der Waals surface area contributed by atoms with E-state index in [9.17, 15) is 13.2 Å². The fraction of sp³-hybridized carbons (Fsp3) is 0.350. The van der Waals surface area contributed by atoms with Crippen molar-refractivity contribution in [2.24, 2.45) is 0 Å². The van der Waals surface area contributed by atoms with E-state index in [0.29, 0.717) is 39.7 Å². The van der Waals surface area contributed by atoms with Gasteiger partial charge in [0.05, 0.1) is 27.2 Å². The molecule has 11 heteroatoms. The van der Waals surface area contributed by atoms with Gasteiger partial charge >= 0.3 is 0 Å². The number of nitrogens with zero attached hydrogens (tertiary/aromatic N) is 5. The van der Waals surface area contributed by atoms with Gasteiger partial charge in [-0.25, -0.2) is 22.7 Å². The van der Waals surface area contributed by atoms with Crippen LogP contribution < -0.4 is 5.56 Å². The molecule has 4 aromatic rings. The molecule has 4 rings (SSSR count). The van der Waals surface area contributed by atoms with Gasteiger partial charge in [-0.3, -0.25) is 9.36 Å². The molecule has 0 aliphatic rings. The van der Waals surface area contributed by atoms with Crippen LogP contribution in [0.25, 0.3) is 21.3 Å². The molecule has 31 heavy (non-hydrogen) atoms. The zero-order chi connectivity index (χ0) is 22.3. The van der Waals surface area contributed by atoms with Gasteiger partial charge in [0.25, 0.3) is 5.56 Å². The van der Waals surface area contributed by atoms with E-state index in [1.54, 1.807) is 22.8 Å². The first kappa shape index (κ1) is 22.0. The Kier molecular flexibility index (Phi) is 5.95. The van der Waals surface area contributed by atoms with Crippen molar-refractivity contribution in [3.63, 3.8) is 0 Å². The molecule has 0 radical (unpaired) electrons. The van der Waals surface area contributed by atoms with Gasteiger partial charge in [-0.1, -0.05) is 11.8 Å². The Labute approximate surface area is 188 Å². The molecule has 1 aromatic carbocycles. The van der Waals surface area contributed by atoms with Crippen molar-refractivity contribution in [3.8, 4) is 0 Å². The smallest absolute Gasteiger partial charge is 0.272 e. The normalized spacial score (nSPS) is 12.4. The van der Waals surface area contributed by atoms with E-state index < -0.39 is 10.0 Å². The first-order valence-corrected chi connectivity index (χ1v) is 13.1. The van der Waals surface area contributed by atoms with Crippen molar-refractivity contribution in [3.05, 3.63) is 45.8 Å². The molecular weight excluding hydrogens is 454 g/mol. The molecule has 8 nitrogen and oxygen atoms in total. The number of thioether (sulfide) groups is 1. The minimum Gasteiger partial charge on any atom is -0.328 e. The molecule has 0 saturated carbocycles. The molecule has 3 aromatic heterocycles. The van der Waals surface area contributed by atoms with E-state index in [1.165, 1.54) is 41.5 Å². The molecular formula is C20H23N5O3S3. The van der Waals surface area contributed by atoms with Gasteiger partial charge in [0.15, 0.2) is 5.16 Å². The number of aromatic nitrogens is 4. The lowest BCUT2D eigenvalue weighted by Gasteiger charge is -2.11. The molecule has 0 bridgehead atoms. The number of aryl methyl sites for hydroxylation is 1. The number of fused-ring (bicyclic) bond motifs is 2. The standard InChI is InChI=1S/C20H23N5O3S3/c1-5-24-16-8-7-13(31(27,28)23(3)4)11-15(16)21-17(24)12-30-20-22-14-9-10-29-18(14)19(26)25(20)6-2/h7-11H,5-6,12H2,1-4H3. The Hall–Kier alpha value is -2.21. The number of rotatable bonds is 7. The maximum Gasteiger partial charge on any atom is 0.272 e. The van der Waals surface area contributed by atoms with Gasteiger partial charge in [-0.15, -0.1) is 11.3 Å². The second-order valence-electron chi connectivity index (χ2n) is 7.08. The fourth-order valence-electron chi connectivity index (χ4n) is 3.44. The number of benzene rings is 1. The molecule has 164 valence electrons. The predicted octanol–water partition coefficient (Wildman–Crippen LogP) is 3.39. The van der Waals surface area contributed by atoms with Crippen LogP contribution in [0.3, 0.4) is 0 Å². The number of thiophene rings is 1. The summed E-state index contributed by atoms with van der Waals surface area (Å²) in [6.45, 7) is 5.19. The molecule has 0 N–H and O–H groups in total. The van der Waals surface area contributed by atoms with E-state index >= 15 is 0 Å². The maximum absolute atomic E-state index is 12.7. The summed E-state index contributed by atoms with van der Waals surface area (Å²) >= 11 is 2.87. The maximum atomic E-state index is 12.7. The molecule has 0 atom stereocenters. The lowest BCUT2D eigenvalue weighted by molar-refractivity contribution is 0.521. The molecule has 0 amide bonds. The predicted molar refractivity (Wildman–Crippen MR) is 125 cm³/mol. The average molecular weight is 478 g/mol. The van der Waals surface area contributed by atoms with Crippen LogP contribution in [0, 0.1) is 0 Å². The molecule has 0 saturated heterocycles. The van der Waals surface area contributed by atoms with Crippen molar-refractivity contribution >= 4 is 54.4 Å². The Balaban J connectivity index is 1.72. The van der Waals surface area contributed by atoms with Gasteiger partial charge < -0.3 is 4.57 Å². The van der Waals surface area contributed by atoms with Gasteiger partial charge in [0.2, 0.25) is 10.0 Å². The van der Waals surface area contributed by atoms with E-state index in [0.717, 1.165) is 11.3 Å². The highest BCUT2D eigenvalue weighted by atomic mass is 32.2. The second-order valence-corrected chi connectivity index (χ2v) is 11.1. The first-order valence-electron chi connectivity index (χ1n) is 9.80. The highest BCUT2D eigenvalue weighted by molar-refractivity contribution is 7.98. The topological polar surface area (TPSA) is 90.1 Å². The number of sulfonamides is 1. The van der Waals surface area contributed by atoms with Gasteiger partial charge in [0.1, 0.15) is 10.5 Å². The Bertz CT molecular complexity index is 1430. The van der Waals surface area contributed by atoms with Gasteiger partial charge in [-0.05, 0) is 43.5 Å². The number of hydrogen-bond donors (Lipinski definition) is 0. The van der Waals surface area contributed by atoms with E-state index in [1.807, 2.05) is 25.3 Å². The zero-order valence-corrected chi connectivity index (χ0v) is 20.1. The summed E-state index contributed by atoms with van der Waals surface area (Å²) in [5.41, 5.74) is 2.21. The summed E-state index contributed by atoms with van der Waals surface area (Å²) in [6, 6.07) is 6.89. The average Bonchev–Trinajstić information content (AvgIpc) is 3.35. The summed E-state index contributed by atoms with van der Waals surface area (Å²) in [6.07, 6.45) is 0. The van der Waals surface area contributed by atoms with Crippen LogP contribution in [-0.4, -0.2) is 45.9 Å². The van der Waals surface area contributed by atoms with Crippen molar-refractivity contribution < 1.29 is 8.42 Å². The van der Waals surface area contributed by atoms with Crippen LogP contribution >= 0.6 is 23.1 Å².